The lowest BCUT2D eigenvalue weighted by molar-refractivity contribution is 0.237. The van der Waals surface area contributed by atoms with Crippen LogP contribution in [0, 0.1) is 0 Å². The van der Waals surface area contributed by atoms with Gasteiger partial charge in [0, 0.05) is 14.1 Å². The zero-order valence-electron chi connectivity index (χ0n) is 7.52. The van der Waals surface area contributed by atoms with E-state index in [1.807, 2.05) is 24.3 Å². The van der Waals surface area contributed by atoms with Crippen molar-refractivity contribution in [3.05, 3.63) is 24.3 Å². The van der Waals surface area contributed by atoms with Crippen LogP contribution in [-0.2, 0) is 0 Å². The summed E-state index contributed by atoms with van der Waals surface area (Å²) in [6, 6.07) is 7.90. The van der Waals surface area contributed by atoms with Gasteiger partial charge in [-0.05, 0) is 24.1 Å². The number of anilines is 1. The molecule has 68 valence electrons. The number of hydrogen-bond donors (Lipinski definition) is 0. The first kappa shape index (κ1) is 8.44. The fraction of sp³-hybridized carbons (Fsp3) is 0.222. The van der Waals surface area contributed by atoms with Gasteiger partial charge in [0.2, 0.25) is 0 Å². The smallest absolute Gasteiger partial charge is 0.295 e. The van der Waals surface area contributed by atoms with E-state index >= 15 is 0 Å². The Kier molecular flexibility index (Phi) is 1.92. The van der Waals surface area contributed by atoms with Gasteiger partial charge in [0.1, 0.15) is 0 Å². The maximum Gasteiger partial charge on any atom is 0.334 e. The number of urea groups is 1. The topological polar surface area (TPSA) is 23.6 Å². The third-order valence-corrected chi connectivity index (χ3v) is 2.99. The van der Waals surface area contributed by atoms with E-state index in [9.17, 15) is 4.79 Å². The Morgan fingerprint density at radius 2 is 1.92 bits per heavy atom. The fourth-order valence-corrected chi connectivity index (χ4v) is 2.25. The second kappa shape index (κ2) is 2.96. The maximum atomic E-state index is 11.5. The van der Waals surface area contributed by atoms with Crippen molar-refractivity contribution in [2.45, 2.75) is 4.90 Å². The van der Waals surface area contributed by atoms with Crippen LogP contribution in [0.25, 0.3) is 0 Å². The van der Waals surface area contributed by atoms with Crippen molar-refractivity contribution in [2.24, 2.45) is 0 Å². The summed E-state index contributed by atoms with van der Waals surface area (Å²) in [6.07, 6.45) is 0. The van der Waals surface area contributed by atoms with Gasteiger partial charge in [-0.1, -0.05) is 12.1 Å². The third-order valence-electron chi connectivity index (χ3n) is 2.02. The Morgan fingerprint density at radius 1 is 1.23 bits per heavy atom. The van der Waals surface area contributed by atoms with Gasteiger partial charge >= 0.3 is 6.03 Å². The highest BCUT2D eigenvalue weighted by Crippen LogP contribution is 2.36. The Hall–Kier alpha value is -1.16. The Labute approximate surface area is 81.5 Å². The highest BCUT2D eigenvalue weighted by molar-refractivity contribution is 7.97. The van der Waals surface area contributed by atoms with Gasteiger partial charge in [0.05, 0.1) is 10.6 Å². The van der Waals surface area contributed by atoms with Crippen LogP contribution in [0.5, 0.6) is 0 Å². The molecule has 0 saturated heterocycles. The molecule has 0 aliphatic carbocycles. The van der Waals surface area contributed by atoms with Crippen molar-refractivity contribution in [3.8, 4) is 0 Å². The molecule has 4 heteroatoms. The van der Waals surface area contributed by atoms with Crippen LogP contribution in [-0.4, -0.2) is 24.4 Å². The van der Waals surface area contributed by atoms with E-state index in [-0.39, 0.29) is 6.03 Å². The van der Waals surface area contributed by atoms with E-state index in [4.69, 9.17) is 0 Å². The van der Waals surface area contributed by atoms with Crippen LogP contribution in [0.4, 0.5) is 10.5 Å². The van der Waals surface area contributed by atoms with E-state index < -0.39 is 0 Å². The van der Waals surface area contributed by atoms with Crippen molar-refractivity contribution in [3.63, 3.8) is 0 Å². The molecule has 0 spiro atoms. The summed E-state index contributed by atoms with van der Waals surface area (Å²) in [6.45, 7) is 0. The van der Waals surface area contributed by atoms with E-state index in [0.717, 1.165) is 10.6 Å². The van der Waals surface area contributed by atoms with Gasteiger partial charge in [0.25, 0.3) is 0 Å². The molecule has 1 aromatic carbocycles. The first-order valence-electron chi connectivity index (χ1n) is 3.98. The van der Waals surface area contributed by atoms with Gasteiger partial charge in [-0.3, -0.25) is 9.21 Å². The normalized spacial score (nSPS) is 16.0. The van der Waals surface area contributed by atoms with Crippen molar-refractivity contribution in [1.29, 1.82) is 0 Å². The average Bonchev–Trinajstić information content (AvgIpc) is 2.15. The number of benzene rings is 1. The lowest BCUT2D eigenvalue weighted by Crippen LogP contribution is -2.38. The molecule has 2 rings (SSSR count). The van der Waals surface area contributed by atoms with Crippen LogP contribution in [0.15, 0.2) is 29.2 Å². The SMILES string of the molecule is CN1Sc2ccccc2N(C)C1=O. The van der Waals surface area contributed by atoms with Gasteiger partial charge < -0.3 is 0 Å². The van der Waals surface area contributed by atoms with Crippen LogP contribution < -0.4 is 4.90 Å². The fourth-order valence-electron chi connectivity index (χ4n) is 1.31. The quantitative estimate of drug-likeness (QED) is 0.591. The molecule has 2 amide bonds. The van der Waals surface area contributed by atoms with Crippen molar-refractivity contribution < 1.29 is 4.79 Å². The molecule has 1 aromatic rings. The Bertz CT molecular complexity index is 353. The van der Waals surface area contributed by atoms with Crippen LogP contribution in [0.1, 0.15) is 0 Å². The van der Waals surface area contributed by atoms with Crippen molar-refractivity contribution in [1.82, 2.24) is 4.31 Å². The molecule has 0 fully saturated rings. The van der Waals surface area contributed by atoms with Gasteiger partial charge in [-0.2, -0.15) is 0 Å². The highest BCUT2D eigenvalue weighted by Gasteiger charge is 2.25. The molecule has 0 N–H and O–H groups in total. The summed E-state index contributed by atoms with van der Waals surface area (Å²) < 4.78 is 1.63. The van der Waals surface area contributed by atoms with E-state index in [2.05, 4.69) is 0 Å². The monoisotopic (exact) mass is 194 g/mol. The molecule has 0 atom stereocenters. The van der Waals surface area contributed by atoms with Gasteiger partial charge in [-0.25, -0.2) is 4.79 Å². The molecule has 0 radical (unpaired) electrons. The van der Waals surface area contributed by atoms with Crippen LogP contribution in [0.2, 0.25) is 0 Å². The molecule has 0 aromatic heterocycles. The van der Waals surface area contributed by atoms with Gasteiger partial charge in [0.15, 0.2) is 0 Å². The molecule has 0 unspecified atom stereocenters. The molecule has 0 bridgehead atoms. The second-order valence-electron chi connectivity index (χ2n) is 2.90. The Balaban J connectivity index is 2.49. The van der Waals surface area contributed by atoms with Crippen molar-refractivity contribution >= 4 is 23.7 Å². The molecule has 1 heterocycles. The Morgan fingerprint density at radius 3 is 2.69 bits per heavy atom. The largest absolute Gasteiger partial charge is 0.334 e. The summed E-state index contributed by atoms with van der Waals surface area (Å²) in [5.74, 6) is 0. The predicted molar refractivity (Wildman–Crippen MR) is 53.9 cm³/mol. The zero-order chi connectivity index (χ0) is 9.42. The number of carbonyl (C=O) groups excluding carboxylic acids is 1. The standard InChI is InChI=1S/C9H10N2OS/c1-10-7-5-3-4-6-8(7)13-11(2)9(10)12/h3-6H,1-2H3. The van der Waals surface area contributed by atoms with Crippen LogP contribution in [0.3, 0.4) is 0 Å². The molecular formula is C9H10N2OS. The molecule has 1 aliphatic rings. The average molecular weight is 194 g/mol. The lowest BCUT2D eigenvalue weighted by Gasteiger charge is -2.30. The summed E-state index contributed by atoms with van der Waals surface area (Å²) in [5.41, 5.74) is 0.982. The molecule has 13 heavy (non-hydrogen) atoms. The number of hydrogen-bond acceptors (Lipinski definition) is 2. The maximum absolute atomic E-state index is 11.5. The summed E-state index contributed by atoms with van der Waals surface area (Å²) in [4.78, 5) is 14.3. The molecule has 1 aliphatic heterocycles. The minimum atomic E-state index is 0.0173. The summed E-state index contributed by atoms with van der Waals surface area (Å²) >= 11 is 1.47. The molecule has 0 saturated carbocycles. The van der Waals surface area contributed by atoms with E-state index in [1.54, 1.807) is 23.3 Å². The van der Waals surface area contributed by atoms with E-state index in [0.29, 0.717) is 0 Å². The molecular weight excluding hydrogens is 184 g/mol. The summed E-state index contributed by atoms with van der Waals surface area (Å²) in [7, 11) is 3.57. The van der Waals surface area contributed by atoms with Gasteiger partial charge in [-0.15, -0.1) is 0 Å². The van der Waals surface area contributed by atoms with E-state index in [1.165, 1.54) is 11.9 Å². The number of para-hydroxylation sites is 1. The number of rotatable bonds is 0. The summed E-state index contributed by atoms with van der Waals surface area (Å²) in [5, 5.41) is 0. The number of carbonyl (C=O) groups is 1. The number of fused-ring (bicyclic) bond motifs is 1. The van der Waals surface area contributed by atoms with Crippen molar-refractivity contribution in [2.75, 3.05) is 19.0 Å². The zero-order valence-corrected chi connectivity index (χ0v) is 8.34. The number of nitrogens with zero attached hydrogens (tertiary/aromatic N) is 2. The van der Waals surface area contributed by atoms with Crippen LogP contribution >= 0.6 is 11.9 Å². The predicted octanol–water partition coefficient (Wildman–Crippen LogP) is 2.20. The third kappa shape index (κ3) is 1.27. The molecule has 3 nitrogen and oxygen atoms in total. The first-order valence-corrected chi connectivity index (χ1v) is 4.76. The minimum Gasteiger partial charge on any atom is -0.295 e. The highest BCUT2D eigenvalue weighted by atomic mass is 32.2. The first-order chi connectivity index (χ1) is 6.20. The second-order valence-corrected chi connectivity index (χ2v) is 4.07. The number of amides is 2. The minimum absolute atomic E-state index is 0.0173. The lowest BCUT2D eigenvalue weighted by atomic mass is 10.3.